The maximum Gasteiger partial charge on any atom is 0.146 e. The van der Waals surface area contributed by atoms with Crippen molar-refractivity contribution in [3.05, 3.63) is 0 Å². The van der Waals surface area contributed by atoms with Gasteiger partial charge in [0.15, 0.2) is 0 Å². The monoisotopic (exact) mass is 185 g/mol. The van der Waals surface area contributed by atoms with Gasteiger partial charge in [0, 0.05) is 19.5 Å². The van der Waals surface area contributed by atoms with Crippen LogP contribution in [0.3, 0.4) is 0 Å². The molecule has 1 N–H and O–H groups in total. The van der Waals surface area contributed by atoms with Gasteiger partial charge >= 0.3 is 0 Å². The van der Waals surface area contributed by atoms with Gasteiger partial charge in [0.25, 0.3) is 0 Å². The van der Waals surface area contributed by atoms with Crippen LogP contribution in [0.4, 0.5) is 0 Å². The molecule has 0 amide bonds. The smallest absolute Gasteiger partial charge is 0.146 e. The van der Waals surface area contributed by atoms with Crippen LogP contribution in [0.1, 0.15) is 26.7 Å². The first kappa shape index (κ1) is 10.7. The summed E-state index contributed by atoms with van der Waals surface area (Å²) in [5, 5.41) is 9.48. The molecule has 3 nitrogen and oxygen atoms in total. The Bertz CT molecular complexity index is 172. The van der Waals surface area contributed by atoms with E-state index in [1.807, 2.05) is 6.92 Å². The molecule has 1 aliphatic heterocycles. The van der Waals surface area contributed by atoms with Crippen molar-refractivity contribution in [3.63, 3.8) is 0 Å². The number of nitrogens with zero attached hydrogens (tertiary/aromatic N) is 1. The second kappa shape index (κ2) is 4.72. The lowest BCUT2D eigenvalue weighted by atomic mass is 9.98. The number of aliphatic hydroxyl groups is 1. The number of rotatable bonds is 3. The van der Waals surface area contributed by atoms with E-state index in [0.717, 1.165) is 13.0 Å². The molecule has 1 aliphatic rings. The third-order valence-corrected chi connectivity index (χ3v) is 2.51. The Hall–Kier alpha value is -0.410. The molecule has 1 heterocycles. The first-order valence-corrected chi connectivity index (χ1v) is 5.04. The van der Waals surface area contributed by atoms with E-state index in [2.05, 4.69) is 11.8 Å². The van der Waals surface area contributed by atoms with Crippen LogP contribution >= 0.6 is 0 Å². The van der Waals surface area contributed by atoms with Gasteiger partial charge in [0.05, 0.1) is 12.6 Å². The molecule has 0 aromatic heterocycles. The molecule has 76 valence electrons. The first-order chi connectivity index (χ1) is 6.11. The minimum atomic E-state index is -0.242. The van der Waals surface area contributed by atoms with Crippen LogP contribution in [0.25, 0.3) is 0 Å². The highest BCUT2D eigenvalue weighted by atomic mass is 16.3. The second-order valence-corrected chi connectivity index (χ2v) is 4.08. The Labute approximate surface area is 79.7 Å². The average Bonchev–Trinajstić information content (AvgIpc) is 2.02. The topological polar surface area (TPSA) is 40.5 Å². The zero-order chi connectivity index (χ0) is 9.84. The van der Waals surface area contributed by atoms with Crippen LogP contribution in [0.15, 0.2) is 0 Å². The molecule has 0 aromatic rings. The number of β-amino-alcohol motifs (C(OH)–C–C–N with tert-alkyl or cyclic N) is 1. The maximum absolute atomic E-state index is 11.2. The SMILES string of the molecule is CCC(=O)CN1C[C@@H](C)C[C@@H](O)C1. The molecule has 0 aromatic carbocycles. The van der Waals surface area contributed by atoms with Gasteiger partial charge in [-0.05, 0) is 12.3 Å². The van der Waals surface area contributed by atoms with Crippen molar-refractivity contribution in [1.29, 1.82) is 0 Å². The van der Waals surface area contributed by atoms with E-state index in [9.17, 15) is 9.90 Å². The number of aliphatic hydroxyl groups excluding tert-OH is 1. The molecule has 0 bridgehead atoms. The summed E-state index contributed by atoms with van der Waals surface area (Å²) in [6.45, 7) is 6.12. The zero-order valence-corrected chi connectivity index (χ0v) is 8.49. The summed E-state index contributed by atoms with van der Waals surface area (Å²) in [4.78, 5) is 13.2. The van der Waals surface area contributed by atoms with Crippen molar-refractivity contribution in [2.24, 2.45) is 5.92 Å². The Morgan fingerprint density at radius 3 is 2.77 bits per heavy atom. The number of Topliss-reactive ketones (excluding diaryl/α,β-unsaturated/α-hetero) is 1. The highest BCUT2D eigenvalue weighted by Gasteiger charge is 2.23. The Balaban J connectivity index is 2.37. The summed E-state index contributed by atoms with van der Waals surface area (Å²) in [6.07, 6.45) is 1.23. The molecule has 0 spiro atoms. The number of piperidine rings is 1. The van der Waals surface area contributed by atoms with Crippen LogP contribution in [0.5, 0.6) is 0 Å². The third kappa shape index (κ3) is 3.44. The Morgan fingerprint density at radius 2 is 2.23 bits per heavy atom. The molecule has 1 saturated heterocycles. The minimum absolute atomic E-state index is 0.242. The Kier molecular flexibility index (Phi) is 3.88. The summed E-state index contributed by atoms with van der Waals surface area (Å²) < 4.78 is 0. The van der Waals surface area contributed by atoms with Crippen molar-refractivity contribution in [3.8, 4) is 0 Å². The molecule has 3 heteroatoms. The lowest BCUT2D eigenvalue weighted by Crippen LogP contribution is -2.44. The van der Waals surface area contributed by atoms with Crippen molar-refractivity contribution >= 4 is 5.78 Å². The van der Waals surface area contributed by atoms with Gasteiger partial charge in [-0.25, -0.2) is 0 Å². The standard InChI is InChI=1S/C10H19NO2/c1-3-9(12)6-11-5-8(2)4-10(13)7-11/h8,10,13H,3-7H2,1-2H3/t8-,10+/m0/s1. The third-order valence-electron chi connectivity index (χ3n) is 2.51. The number of hydrogen-bond donors (Lipinski definition) is 1. The van der Waals surface area contributed by atoms with Crippen molar-refractivity contribution in [1.82, 2.24) is 4.90 Å². The average molecular weight is 185 g/mol. The highest BCUT2D eigenvalue weighted by Crippen LogP contribution is 2.15. The second-order valence-electron chi connectivity index (χ2n) is 4.08. The molecular weight excluding hydrogens is 166 g/mol. The quantitative estimate of drug-likeness (QED) is 0.702. The van der Waals surface area contributed by atoms with Crippen LogP contribution < -0.4 is 0 Å². The summed E-state index contributed by atoms with van der Waals surface area (Å²) in [6, 6.07) is 0. The maximum atomic E-state index is 11.2. The fourth-order valence-electron chi connectivity index (χ4n) is 1.92. The summed E-state index contributed by atoms with van der Waals surface area (Å²) in [7, 11) is 0. The van der Waals surface area contributed by atoms with E-state index in [0.29, 0.717) is 25.4 Å². The van der Waals surface area contributed by atoms with Crippen LogP contribution in [-0.2, 0) is 4.79 Å². The van der Waals surface area contributed by atoms with Gasteiger partial charge in [0.2, 0.25) is 0 Å². The van der Waals surface area contributed by atoms with E-state index < -0.39 is 0 Å². The highest BCUT2D eigenvalue weighted by molar-refractivity contribution is 5.80. The van der Waals surface area contributed by atoms with Crippen LogP contribution in [-0.4, -0.2) is 41.5 Å². The number of hydrogen-bond acceptors (Lipinski definition) is 3. The van der Waals surface area contributed by atoms with Gasteiger partial charge in [-0.15, -0.1) is 0 Å². The summed E-state index contributed by atoms with van der Waals surface area (Å²) in [5.74, 6) is 0.773. The predicted molar refractivity (Wildman–Crippen MR) is 51.5 cm³/mol. The molecule has 13 heavy (non-hydrogen) atoms. The number of ketones is 1. The fraction of sp³-hybridized carbons (Fsp3) is 0.900. The normalized spacial score (nSPS) is 30.4. The zero-order valence-electron chi connectivity index (χ0n) is 8.49. The first-order valence-electron chi connectivity index (χ1n) is 5.04. The van der Waals surface area contributed by atoms with Gasteiger partial charge in [-0.1, -0.05) is 13.8 Å². The number of carbonyl (C=O) groups is 1. The molecule has 1 rings (SSSR count). The number of carbonyl (C=O) groups excluding carboxylic acids is 1. The van der Waals surface area contributed by atoms with Crippen LogP contribution in [0.2, 0.25) is 0 Å². The molecule has 0 aliphatic carbocycles. The van der Waals surface area contributed by atoms with Gasteiger partial charge < -0.3 is 5.11 Å². The van der Waals surface area contributed by atoms with E-state index in [1.165, 1.54) is 0 Å². The minimum Gasteiger partial charge on any atom is -0.392 e. The molecule has 1 fully saturated rings. The van der Waals surface area contributed by atoms with E-state index >= 15 is 0 Å². The van der Waals surface area contributed by atoms with Gasteiger partial charge in [0.1, 0.15) is 5.78 Å². The molecule has 0 unspecified atom stereocenters. The molecule has 0 radical (unpaired) electrons. The van der Waals surface area contributed by atoms with Gasteiger partial charge in [-0.3, -0.25) is 9.69 Å². The van der Waals surface area contributed by atoms with E-state index in [1.54, 1.807) is 0 Å². The van der Waals surface area contributed by atoms with Crippen LogP contribution in [0, 0.1) is 5.92 Å². The van der Waals surface area contributed by atoms with Crippen molar-refractivity contribution in [2.75, 3.05) is 19.6 Å². The largest absolute Gasteiger partial charge is 0.392 e. The van der Waals surface area contributed by atoms with E-state index in [-0.39, 0.29) is 11.9 Å². The van der Waals surface area contributed by atoms with E-state index in [4.69, 9.17) is 0 Å². The number of likely N-dealkylation sites (tertiary alicyclic amines) is 1. The lowest BCUT2D eigenvalue weighted by Gasteiger charge is -2.33. The summed E-state index contributed by atoms with van der Waals surface area (Å²) >= 11 is 0. The molecular formula is C10H19NO2. The fourth-order valence-corrected chi connectivity index (χ4v) is 1.92. The predicted octanol–water partition coefficient (Wildman–Crippen LogP) is 0.668. The lowest BCUT2D eigenvalue weighted by molar-refractivity contribution is -0.120. The van der Waals surface area contributed by atoms with Crippen molar-refractivity contribution < 1.29 is 9.90 Å². The van der Waals surface area contributed by atoms with Crippen molar-refractivity contribution in [2.45, 2.75) is 32.8 Å². The Morgan fingerprint density at radius 1 is 1.54 bits per heavy atom. The molecule has 2 atom stereocenters. The molecule has 0 saturated carbocycles. The van der Waals surface area contributed by atoms with Gasteiger partial charge in [-0.2, -0.15) is 0 Å². The summed E-state index contributed by atoms with van der Waals surface area (Å²) in [5.41, 5.74) is 0.